The lowest BCUT2D eigenvalue weighted by atomic mass is 10.0. The third-order valence-electron chi connectivity index (χ3n) is 4.65. The predicted molar refractivity (Wildman–Crippen MR) is 120 cm³/mol. The largest absolute Gasteiger partial charge is 0.345 e. The van der Waals surface area contributed by atoms with E-state index in [4.69, 9.17) is 16.1 Å². The Morgan fingerprint density at radius 3 is 2.48 bits per heavy atom. The molecule has 1 N–H and O–H groups in total. The number of hydrogen-bond donors (Lipinski definition) is 1. The number of halogens is 1. The summed E-state index contributed by atoms with van der Waals surface area (Å²) in [4.78, 5) is 21.8. The molecule has 0 fully saturated rings. The maximum absolute atomic E-state index is 12.9. The molecule has 0 saturated heterocycles. The maximum Gasteiger partial charge on any atom is 0.270 e. The highest BCUT2D eigenvalue weighted by atomic mass is 35.5. The van der Waals surface area contributed by atoms with Gasteiger partial charge in [-0.1, -0.05) is 65.3 Å². The first kappa shape index (κ1) is 20.8. The molecule has 0 aliphatic heterocycles. The van der Waals surface area contributed by atoms with Crippen molar-refractivity contribution in [3.05, 3.63) is 89.4 Å². The molecule has 7 heteroatoms. The number of amides is 1. The van der Waals surface area contributed by atoms with Gasteiger partial charge in [0, 0.05) is 28.1 Å². The molecule has 0 unspecified atom stereocenters. The first-order valence-electron chi connectivity index (χ1n) is 9.83. The number of nitrogens with zero attached hydrogens (tertiary/aromatic N) is 3. The molecular weight excluding hydrogens is 412 g/mol. The molecule has 6 nitrogen and oxygen atoms in total. The first-order chi connectivity index (χ1) is 14.9. The predicted octanol–water partition coefficient (Wildman–Crippen LogP) is 5.20. The zero-order chi connectivity index (χ0) is 21.8. The van der Waals surface area contributed by atoms with E-state index >= 15 is 0 Å². The van der Waals surface area contributed by atoms with E-state index in [1.54, 1.807) is 18.2 Å². The van der Waals surface area contributed by atoms with E-state index in [0.717, 1.165) is 11.1 Å². The fraction of sp³-hybridized carbons (Fsp3) is 0.167. The van der Waals surface area contributed by atoms with Gasteiger partial charge in [0.1, 0.15) is 5.69 Å². The molecule has 2 heterocycles. The summed E-state index contributed by atoms with van der Waals surface area (Å²) in [7, 11) is 0. The highest BCUT2D eigenvalue weighted by molar-refractivity contribution is 6.30. The summed E-state index contributed by atoms with van der Waals surface area (Å²) in [5.74, 6) is 0.690. The molecule has 2 aromatic carbocycles. The Balaban J connectivity index is 1.47. The molecule has 2 aromatic heterocycles. The monoisotopic (exact) mass is 432 g/mol. The molecule has 0 bridgehead atoms. The van der Waals surface area contributed by atoms with Crippen molar-refractivity contribution in [1.82, 2.24) is 20.4 Å². The minimum atomic E-state index is -0.620. The Bertz CT molecular complexity index is 1200. The van der Waals surface area contributed by atoms with E-state index in [-0.39, 0.29) is 5.91 Å². The molecule has 156 valence electrons. The van der Waals surface area contributed by atoms with Crippen LogP contribution >= 0.6 is 11.6 Å². The summed E-state index contributed by atoms with van der Waals surface area (Å²) < 4.78 is 5.39. The Hall–Kier alpha value is -3.51. The molecule has 0 atom stereocenters. The number of benzene rings is 2. The lowest BCUT2D eigenvalue weighted by Crippen LogP contribution is -2.45. The number of aromatic nitrogens is 3. The van der Waals surface area contributed by atoms with Crippen LogP contribution in [0, 0.1) is 0 Å². The summed E-state index contributed by atoms with van der Waals surface area (Å²) in [5.41, 5.74) is 2.10. The minimum absolute atomic E-state index is 0.281. The second-order valence-corrected chi connectivity index (χ2v) is 8.25. The maximum atomic E-state index is 12.9. The minimum Gasteiger partial charge on any atom is -0.345 e. The molecule has 4 aromatic rings. The second kappa shape index (κ2) is 8.70. The number of carbonyl (C=O) groups is 1. The van der Waals surface area contributed by atoms with Gasteiger partial charge in [-0.05, 0) is 38.1 Å². The summed E-state index contributed by atoms with van der Waals surface area (Å²) in [5, 5.41) is 7.66. The number of rotatable bonds is 6. The topological polar surface area (TPSA) is 80.9 Å². The number of nitrogens with one attached hydrogen (secondary N) is 1. The van der Waals surface area contributed by atoms with Crippen molar-refractivity contribution in [3.63, 3.8) is 0 Å². The summed E-state index contributed by atoms with van der Waals surface area (Å²) in [6, 6.07) is 22.3. The van der Waals surface area contributed by atoms with E-state index in [9.17, 15) is 4.79 Å². The molecule has 0 saturated carbocycles. The Morgan fingerprint density at radius 2 is 1.71 bits per heavy atom. The van der Waals surface area contributed by atoms with Crippen LogP contribution in [0.25, 0.3) is 22.6 Å². The van der Waals surface area contributed by atoms with Crippen molar-refractivity contribution in [1.29, 1.82) is 0 Å². The molecule has 0 aliphatic rings. The Morgan fingerprint density at radius 1 is 0.968 bits per heavy atom. The van der Waals surface area contributed by atoms with E-state index < -0.39 is 5.54 Å². The molecule has 4 rings (SSSR count). The average molecular weight is 433 g/mol. The highest BCUT2D eigenvalue weighted by Gasteiger charge is 2.25. The number of carbonyl (C=O) groups excluding carboxylic acids is 1. The molecule has 31 heavy (non-hydrogen) atoms. The van der Waals surface area contributed by atoms with Crippen molar-refractivity contribution >= 4 is 17.5 Å². The van der Waals surface area contributed by atoms with Crippen molar-refractivity contribution < 1.29 is 9.32 Å². The number of hydrogen-bond acceptors (Lipinski definition) is 5. The molecule has 0 radical (unpaired) electrons. The quantitative estimate of drug-likeness (QED) is 0.452. The van der Waals surface area contributed by atoms with Crippen molar-refractivity contribution in [2.24, 2.45) is 0 Å². The van der Waals surface area contributed by atoms with Crippen LogP contribution in [0.2, 0.25) is 5.02 Å². The van der Waals surface area contributed by atoms with Gasteiger partial charge in [-0.15, -0.1) is 0 Å². The smallest absolute Gasteiger partial charge is 0.270 e. The SMILES string of the molecule is CC(C)(Cc1nc(-c2ccccc2)no1)NC(=O)c1cccc(-c2cccc(Cl)c2)n1. The summed E-state index contributed by atoms with van der Waals surface area (Å²) in [6.45, 7) is 3.80. The van der Waals surface area contributed by atoms with E-state index in [1.807, 2.05) is 68.4 Å². The van der Waals surface area contributed by atoms with Crippen molar-refractivity contribution in [2.75, 3.05) is 0 Å². The van der Waals surface area contributed by atoms with Crippen LogP contribution in [0.3, 0.4) is 0 Å². The second-order valence-electron chi connectivity index (χ2n) is 7.81. The molecule has 0 aliphatic carbocycles. The Kier molecular flexibility index (Phi) is 5.82. The van der Waals surface area contributed by atoms with E-state index in [1.165, 1.54) is 0 Å². The standard InChI is InChI=1S/C24H21ClN4O2/c1-24(2,15-21-27-22(29-31-21)16-8-4-3-5-9-16)28-23(30)20-13-7-12-19(26-20)17-10-6-11-18(25)14-17/h3-14H,15H2,1-2H3,(H,28,30). The van der Waals surface area contributed by atoms with Crippen LogP contribution in [-0.4, -0.2) is 26.6 Å². The van der Waals surface area contributed by atoms with Crippen molar-refractivity contribution in [2.45, 2.75) is 25.8 Å². The van der Waals surface area contributed by atoms with Gasteiger partial charge in [0.2, 0.25) is 11.7 Å². The first-order valence-corrected chi connectivity index (χ1v) is 10.2. The molecule has 1 amide bonds. The van der Waals surface area contributed by atoms with Gasteiger partial charge in [-0.2, -0.15) is 4.98 Å². The van der Waals surface area contributed by atoms with Crippen LogP contribution < -0.4 is 5.32 Å². The van der Waals surface area contributed by atoms with Gasteiger partial charge in [0.05, 0.1) is 5.69 Å². The van der Waals surface area contributed by atoms with Crippen LogP contribution in [0.5, 0.6) is 0 Å². The van der Waals surface area contributed by atoms with Crippen LogP contribution in [-0.2, 0) is 6.42 Å². The number of pyridine rings is 1. The van der Waals surface area contributed by atoms with Crippen molar-refractivity contribution in [3.8, 4) is 22.6 Å². The van der Waals surface area contributed by atoms with Gasteiger partial charge in [-0.25, -0.2) is 4.98 Å². The fourth-order valence-corrected chi connectivity index (χ4v) is 3.38. The third kappa shape index (κ3) is 5.16. The molecular formula is C24H21ClN4O2. The van der Waals surface area contributed by atoms with Crippen LogP contribution in [0.15, 0.2) is 77.3 Å². The van der Waals surface area contributed by atoms with E-state index in [2.05, 4.69) is 20.4 Å². The van der Waals surface area contributed by atoms with Gasteiger partial charge < -0.3 is 9.84 Å². The zero-order valence-corrected chi connectivity index (χ0v) is 17.9. The van der Waals surface area contributed by atoms with E-state index in [0.29, 0.717) is 34.5 Å². The lowest BCUT2D eigenvalue weighted by Gasteiger charge is -2.24. The third-order valence-corrected chi connectivity index (χ3v) is 4.88. The summed E-state index contributed by atoms with van der Waals surface area (Å²) in [6.07, 6.45) is 0.382. The fourth-order valence-electron chi connectivity index (χ4n) is 3.19. The van der Waals surface area contributed by atoms with Gasteiger partial charge >= 0.3 is 0 Å². The van der Waals surface area contributed by atoms with Gasteiger partial charge in [-0.3, -0.25) is 4.79 Å². The van der Waals surface area contributed by atoms with Gasteiger partial charge in [0.15, 0.2) is 0 Å². The average Bonchev–Trinajstić information content (AvgIpc) is 3.22. The summed E-state index contributed by atoms with van der Waals surface area (Å²) >= 11 is 6.08. The lowest BCUT2D eigenvalue weighted by molar-refractivity contribution is 0.0904. The van der Waals surface area contributed by atoms with Crippen LogP contribution in [0.1, 0.15) is 30.2 Å². The Labute approximate surface area is 185 Å². The molecule has 0 spiro atoms. The van der Waals surface area contributed by atoms with Gasteiger partial charge in [0.25, 0.3) is 5.91 Å². The van der Waals surface area contributed by atoms with Crippen LogP contribution in [0.4, 0.5) is 0 Å². The zero-order valence-electron chi connectivity index (χ0n) is 17.2. The highest BCUT2D eigenvalue weighted by Crippen LogP contribution is 2.22. The normalized spacial score (nSPS) is 11.3.